The summed E-state index contributed by atoms with van der Waals surface area (Å²) in [6.45, 7) is 5.10. The minimum Gasteiger partial charge on any atom is -0.480 e. The Hall–Kier alpha value is -2.28. The van der Waals surface area contributed by atoms with E-state index in [-0.39, 0.29) is 28.6 Å². The quantitative estimate of drug-likeness (QED) is 0.627. The van der Waals surface area contributed by atoms with Crippen molar-refractivity contribution in [2.24, 2.45) is 0 Å². The van der Waals surface area contributed by atoms with Gasteiger partial charge >= 0.3 is 5.97 Å². The summed E-state index contributed by atoms with van der Waals surface area (Å²) in [4.78, 5) is 23.3. The van der Waals surface area contributed by atoms with Crippen LogP contribution in [0.5, 0.6) is 0 Å². The number of halogens is 2. The van der Waals surface area contributed by atoms with Crippen LogP contribution in [0.15, 0.2) is 24.9 Å². The number of carboxylic acid groups (broad SMARTS) is 1. The second-order valence-corrected chi connectivity index (χ2v) is 5.29. The van der Waals surface area contributed by atoms with E-state index in [1.54, 1.807) is 6.08 Å². The molecule has 0 unspecified atom stereocenters. The molecule has 0 saturated carbocycles. The van der Waals surface area contributed by atoms with Gasteiger partial charge in [0.15, 0.2) is 5.82 Å². The Morgan fingerprint density at radius 3 is 2.95 bits per heavy atom. The van der Waals surface area contributed by atoms with Crippen molar-refractivity contribution < 1.29 is 14.3 Å². The molecule has 0 saturated heterocycles. The molecule has 0 aliphatic carbocycles. The number of anilines is 1. The van der Waals surface area contributed by atoms with Gasteiger partial charge < -0.3 is 10.4 Å². The van der Waals surface area contributed by atoms with E-state index in [2.05, 4.69) is 26.8 Å². The number of nitrogens with one attached hydrogen (secondary N) is 1. The normalized spacial score (nSPS) is 13.6. The van der Waals surface area contributed by atoms with E-state index < -0.39 is 17.3 Å². The van der Waals surface area contributed by atoms with Gasteiger partial charge in [0.1, 0.15) is 16.9 Å². The maximum atomic E-state index is 13.2. The van der Waals surface area contributed by atoms with Crippen molar-refractivity contribution in [3.63, 3.8) is 0 Å². The van der Waals surface area contributed by atoms with Crippen molar-refractivity contribution in [2.45, 2.75) is 25.3 Å². The first-order valence-corrected chi connectivity index (χ1v) is 6.85. The maximum absolute atomic E-state index is 13.2. The highest BCUT2D eigenvalue weighted by molar-refractivity contribution is 6.28. The number of rotatable bonds is 6. The molecular formula is C14H14ClFN4O2. The third-order valence-electron chi connectivity index (χ3n) is 3.19. The SMILES string of the molecule is C=CCC[C@@](C)(Nc1nc(Cl)nc2cc(F)cnc12)C(=O)O. The van der Waals surface area contributed by atoms with Crippen LogP contribution in [0.1, 0.15) is 19.8 Å². The van der Waals surface area contributed by atoms with E-state index in [9.17, 15) is 14.3 Å². The maximum Gasteiger partial charge on any atom is 0.329 e. The second kappa shape index (κ2) is 6.23. The van der Waals surface area contributed by atoms with E-state index in [1.165, 1.54) is 6.92 Å². The molecule has 0 radical (unpaired) electrons. The molecule has 8 heteroatoms. The fraction of sp³-hybridized carbons (Fsp3) is 0.286. The van der Waals surface area contributed by atoms with Gasteiger partial charge in [-0.3, -0.25) is 0 Å². The lowest BCUT2D eigenvalue weighted by Gasteiger charge is -2.26. The molecule has 0 amide bonds. The minimum absolute atomic E-state index is 0.126. The largest absolute Gasteiger partial charge is 0.480 e. The number of allylic oxidation sites excluding steroid dienone is 1. The molecule has 0 aliphatic heterocycles. The third-order valence-corrected chi connectivity index (χ3v) is 3.36. The number of hydrogen-bond donors (Lipinski definition) is 2. The number of hydrogen-bond acceptors (Lipinski definition) is 5. The summed E-state index contributed by atoms with van der Waals surface area (Å²) in [5.74, 6) is -1.48. The third kappa shape index (κ3) is 3.30. The first-order valence-electron chi connectivity index (χ1n) is 6.47. The molecule has 0 spiro atoms. The highest BCUT2D eigenvalue weighted by Crippen LogP contribution is 2.26. The summed E-state index contributed by atoms with van der Waals surface area (Å²) >= 11 is 5.81. The highest BCUT2D eigenvalue weighted by Gasteiger charge is 2.33. The van der Waals surface area contributed by atoms with E-state index in [0.29, 0.717) is 6.42 Å². The molecule has 2 N–H and O–H groups in total. The van der Waals surface area contributed by atoms with Crippen molar-refractivity contribution in [3.05, 3.63) is 36.0 Å². The lowest BCUT2D eigenvalue weighted by atomic mass is 9.96. The first kappa shape index (κ1) is 16.1. The molecule has 0 aromatic carbocycles. The van der Waals surface area contributed by atoms with Gasteiger partial charge in [0, 0.05) is 6.07 Å². The van der Waals surface area contributed by atoms with Crippen LogP contribution in [0.3, 0.4) is 0 Å². The Morgan fingerprint density at radius 2 is 2.32 bits per heavy atom. The lowest BCUT2D eigenvalue weighted by Crippen LogP contribution is -2.43. The average Bonchev–Trinajstić information content (AvgIpc) is 2.44. The summed E-state index contributed by atoms with van der Waals surface area (Å²) in [6, 6.07) is 1.16. The standard InChI is InChI=1S/C14H14ClFN4O2/c1-3-4-5-14(2,12(21)22)20-11-10-9(18-13(15)19-11)6-8(16)7-17-10/h3,6-7H,1,4-5H2,2H3,(H,21,22)(H,18,19,20)/t14-/m1/s1. The molecule has 0 aliphatic rings. The van der Waals surface area contributed by atoms with Crippen molar-refractivity contribution in [2.75, 3.05) is 5.32 Å². The molecule has 22 heavy (non-hydrogen) atoms. The zero-order chi connectivity index (χ0) is 16.3. The molecule has 2 aromatic rings. The van der Waals surface area contributed by atoms with Crippen LogP contribution in [0.4, 0.5) is 10.2 Å². The number of aliphatic carboxylic acids is 1. The molecule has 2 rings (SSSR count). The molecule has 116 valence electrons. The second-order valence-electron chi connectivity index (χ2n) is 4.95. The van der Waals surface area contributed by atoms with Gasteiger partial charge in [-0.15, -0.1) is 6.58 Å². The van der Waals surface area contributed by atoms with E-state index >= 15 is 0 Å². The smallest absolute Gasteiger partial charge is 0.329 e. The topological polar surface area (TPSA) is 88.0 Å². The molecule has 1 atom stereocenters. The predicted molar refractivity (Wildman–Crippen MR) is 81.4 cm³/mol. The fourth-order valence-electron chi connectivity index (χ4n) is 1.93. The predicted octanol–water partition coefficient (Wildman–Crippen LogP) is 3.04. The highest BCUT2D eigenvalue weighted by atomic mass is 35.5. The molecule has 2 aromatic heterocycles. The Bertz CT molecular complexity index is 735. The zero-order valence-electron chi connectivity index (χ0n) is 11.8. The van der Waals surface area contributed by atoms with E-state index in [1.807, 2.05) is 0 Å². The average molecular weight is 325 g/mol. The van der Waals surface area contributed by atoms with Crippen molar-refractivity contribution in [1.82, 2.24) is 15.0 Å². The monoisotopic (exact) mass is 324 g/mol. The van der Waals surface area contributed by atoms with Gasteiger partial charge in [0.05, 0.1) is 11.7 Å². The van der Waals surface area contributed by atoms with Crippen LogP contribution in [-0.4, -0.2) is 31.6 Å². The summed E-state index contributed by atoms with van der Waals surface area (Å²) < 4.78 is 13.2. The van der Waals surface area contributed by atoms with Gasteiger partial charge in [0.25, 0.3) is 0 Å². The Kier molecular flexibility index (Phi) is 4.56. The molecule has 2 heterocycles. The number of fused-ring (bicyclic) bond motifs is 1. The van der Waals surface area contributed by atoms with Gasteiger partial charge in [-0.1, -0.05) is 6.08 Å². The molecule has 0 bridgehead atoms. The summed E-state index contributed by atoms with van der Waals surface area (Å²) in [7, 11) is 0. The Morgan fingerprint density at radius 1 is 1.59 bits per heavy atom. The van der Waals surface area contributed by atoms with Crippen molar-refractivity contribution >= 4 is 34.4 Å². The summed E-state index contributed by atoms with van der Waals surface area (Å²) in [5, 5.41) is 12.2. The van der Waals surface area contributed by atoms with Crippen LogP contribution in [0.25, 0.3) is 11.0 Å². The summed E-state index contributed by atoms with van der Waals surface area (Å²) in [6.07, 6.45) is 3.42. The van der Waals surface area contributed by atoms with Crippen LogP contribution >= 0.6 is 11.6 Å². The van der Waals surface area contributed by atoms with E-state index in [0.717, 1.165) is 12.3 Å². The minimum atomic E-state index is -1.30. The van der Waals surface area contributed by atoms with Crippen LogP contribution in [0.2, 0.25) is 5.28 Å². The van der Waals surface area contributed by atoms with Crippen LogP contribution in [0, 0.1) is 5.82 Å². The zero-order valence-corrected chi connectivity index (χ0v) is 12.6. The molecule has 6 nitrogen and oxygen atoms in total. The van der Waals surface area contributed by atoms with Crippen molar-refractivity contribution in [3.8, 4) is 0 Å². The Labute approximate surface area is 131 Å². The Balaban J connectivity index is 2.49. The van der Waals surface area contributed by atoms with E-state index in [4.69, 9.17) is 11.6 Å². The fourth-order valence-corrected chi connectivity index (χ4v) is 2.10. The van der Waals surface area contributed by atoms with Crippen LogP contribution in [-0.2, 0) is 4.79 Å². The molecule has 0 fully saturated rings. The first-order chi connectivity index (χ1) is 10.4. The summed E-state index contributed by atoms with van der Waals surface area (Å²) in [5.41, 5.74) is -0.856. The van der Waals surface area contributed by atoms with Gasteiger partial charge in [-0.2, -0.15) is 4.98 Å². The lowest BCUT2D eigenvalue weighted by molar-refractivity contribution is -0.141. The number of aromatic nitrogens is 3. The number of carboxylic acids is 1. The number of pyridine rings is 1. The molecular weight excluding hydrogens is 311 g/mol. The van der Waals surface area contributed by atoms with Crippen molar-refractivity contribution in [1.29, 1.82) is 0 Å². The van der Waals surface area contributed by atoms with Crippen LogP contribution < -0.4 is 5.32 Å². The number of carbonyl (C=O) groups is 1. The van der Waals surface area contributed by atoms with Gasteiger partial charge in [0.2, 0.25) is 5.28 Å². The number of nitrogens with zero attached hydrogens (tertiary/aromatic N) is 3. The van der Waals surface area contributed by atoms with Gasteiger partial charge in [-0.05, 0) is 31.4 Å². The van der Waals surface area contributed by atoms with Gasteiger partial charge in [-0.25, -0.2) is 19.2 Å².